The summed E-state index contributed by atoms with van der Waals surface area (Å²) in [7, 11) is 0. The first-order valence-electron chi connectivity index (χ1n) is 12.9. The molecule has 1 aromatic heterocycles. The number of nitrogens with zero attached hydrogens (tertiary/aromatic N) is 5. The zero-order valence-electron chi connectivity index (χ0n) is 22.1. The highest BCUT2D eigenvalue weighted by atomic mass is 35.5. The largest absolute Gasteiger partial charge is 0.354 e. The first-order chi connectivity index (χ1) is 17.6. The second kappa shape index (κ2) is 12.7. The Kier molecular flexibility index (Phi) is 9.88. The quantitative estimate of drug-likeness (QED) is 0.514. The Bertz CT molecular complexity index is 1160. The van der Waals surface area contributed by atoms with Crippen LogP contribution in [-0.4, -0.2) is 87.0 Å². The van der Waals surface area contributed by atoms with Gasteiger partial charge in [-0.1, -0.05) is 12.1 Å². The summed E-state index contributed by atoms with van der Waals surface area (Å²) >= 11 is 0. The summed E-state index contributed by atoms with van der Waals surface area (Å²) in [6, 6.07) is 9.40. The molecular formula is C26H39ClN8O3. The van der Waals surface area contributed by atoms with Crippen LogP contribution in [0.3, 0.4) is 0 Å². The van der Waals surface area contributed by atoms with E-state index in [1.54, 1.807) is 35.9 Å². The topological polar surface area (TPSA) is 143 Å². The zero-order valence-corrected chi connectivity index (χ0v) is 23.0. The van der Waals surface area contributed by atoms with Gasteiger partial charge in [-0.15, -0.1) is 12.4 Å². The van der Waals surface area contributed by atoms with Gasteiger partial charge in [-0.25, -0.2) is 9.59 Å². The zero-order chi connectivity index (χ0) is 26.6. The van der Waals surface area contributed by atoms with Gasteiger partial charge in [0.15, 0.2) is 0 Å². The number of aromatic nitrogens is 2. The molecule has 38 heavy (non-hydrogen) atoms. The fourth-order valence-electron chi connectivity index (χ4n) is 4.74. The highest BCUT2D eigenvalue weighted by molar-refractivity contribution is 5.89. The van der Waals surface area contributed by atoms with E-state index in [9.17, 15) is 14.4 Å². The van der Waals surface area contributed by atoms with E-state index in [0.29, 0.717) is 37.9 Å². The van der Waals surface area contributed by atoms with Crippen molar-refractivity contribution in [2.75, 3.05) is 44.6 Å². The van der Waals surface area contributed by atoms with Crippen LogP contribution in [0.2, 0.25) is 0 Å². The van der Waals surface area contributed by atoms with Gasteiger partial charge in [0.25, 0.3) is 0 Å². The SMILES string of the molecule is CC(C)(N)C(=O)N1CCN(C(=O)Nc2ccn(-c3ccc(CN4CCCC(N)CC4)cc3)c(=O)n2)CC1.Cl. The Morgan fingerprint density at radius 3 is 2.29 bits per heavy atom. The summed E-state index contributed by atoms with van der Waals surface area (Å²) in [5.41, 5.74) is 12.5. The third kappa shape index (κ3) is 7.53. The third-order valence-corrected chi connectivity index (χ3v) is 6.93. The summed E-state index contributed by atoms with van der Waals surface area (Å²) in [5.74, 6) is 0.0430. The van der Waals surface area contributed by atoms with E-state index in [0.717, 1.165) is 38.9 Å². The fourth-order valence-corrected chi connectivity index (χ4v) is 4.74. The molecule has 0 radical (unpaired) electrons. The standard InChI is InChI=1S/C26H38N8O3.ClH/c1-26(2,28)23(35)32-14-16-33(17-15-32)24(36)29-22-10-13-34(25(37)30-22)21-7-5-19(6-8-21)18-31-11-3-4-20(27)9-12-31;/h5-8,10,13,20H,3-4,9,11-12,14-18,27-28H2,1-2H3,(H,29,30,36,37);1H. The molecule has 5 N–H and O–H groups in total. The van der Waals surface area contributed by atoms with Crippen molar-refractivity contribution in [2.24, 2.45) is 11.5 Å². The lowest BCUT2D eigenvalue weighted by Crippen LogP contribution is -2.58. The van der Waals surface area contributed by atoms with Crippen molar-refractivity contribution in [2.45, 2.75) is 51.2 Å². The number of rotatable bonds is 5. The van der Waals surface area contributed by atoms with E-state index in [-0.39, 0.29) is 30.2 Å². The lowest BCUT2D eigenvalue weighted by Gasteiger charge is -2.37. The fraction of sp³-hybridized carbons (Fsp3) is 0.538. The molecule has 4 rings (SSSR count). The van der Waals surface area contributed by atoms with Crippen LogP contribution in [0.15, 0.2) is 41.3 Å². The van der Waals surface area contributed by atoms with Gasteiger partial charge in [0.2, 0.25) is 5.91 Å². The molecule has 2 saturated heterocycles. The van der Waals surface area contributed by atoms with Crippen LogP contribution in [0.5, 0.6) is 0 Å². The molecule has 2 aliphatic heterocycles. The maximum absolute atomic E-state index is 12.7. The Balaban J connectivity index is 0.00000400. The van der Waals surface area contributed by atoms with E-state index in [4.69, 9.17) is 11.5 Å². The molecule has 0 aliphatic carbocycles. The molecule has 2 aromatic rings. The highest BCUT2D eigenvalue weighted by Crippen LogP contribution is 2.15. The number of carbonyl (C=O) groups is 2. The van der Waals surface area contributed by atoms with Gasteiger partial charge >= 0.3 is 11.7 Å². The summed E-state index contributed by atoms with van der Waals surface area (Å²) in [4.78, 5) is 47.4. The smallest absolute Gasteiger partial charge is 0.338 e. The number of nitrogens with one attached hydrogen (secondary N) is 1. The van der Waals surface area contributed by atoms with Gasteiger partial charge in [-0.3, -0.25) is 19.6 Å². The molecule has 1 aromatic carbocycles. The minimum Gasteiger partial charge on any atom is -0.338 e. The highest BCUT2D eigenvalue weighted by Gasteiger charge is 2.31. The van der Waals surface area contributed by atoms with Crippen molar-refractivity contribution in [3.8, 4) is 5.69 Å². The number of hydrogen-bond donors (Lipinski definition) is 3. The predicted molar refractivity (Wildman–Crippen MR) is 150 cm³/mol. The molecule has 12 heteroatoms. The number of halogens is 1. The van der Waals surface area contributed by atoms with E-state index in [1.807, 2.05) is 24.3 Å². The molecule has 11 nitrogen and oxygen atoms in total. The van der Waals surface area contributed by atoms with Crippen LogP contribution in [-0.2, 0) is 11.3 Å². The minimum absolute atomic E-state index is 0. The summed E-state index contributed by atoms with van der Waals surface area (Å²) in [6.45, 7) is 7.81. The minimum atomic E-state index is -0.944. The number of urea groups is 1. The molecule has 3 amide bonds. The third-order valence-electron chi connectivity index (χ3n) is 6.93. The maximum atomic E-state index is 12.7. The average Bonchev–Trinajstić information content (AvgIpc) is 3.07. The lowest BCUT2D eigenvalue weighted by atomic mass is 10.1. The number of benzene rings is 1. The lowest BCUT2D eigenvalue weighted by molar-refractivity contribution is -0.137. The van der Waals surface area contributed by atoms with Crippen molar-refractivity contribution in [1.29, 1.82) is 0 Å². The van der Waals surface area contributed by atoms with Gasteiger partial charge in [-0.2, -0.15) is 4.98 Å². The normalized spacial score (nSPS) is 18.9. The van der Waals surface area contributed by atoms with Crippen LogP contribution in [0.25, 0.3) is 5.69 Å². The summed E-state index contributed by atoms with van der Waals surface area (Å²) in [6.07, 6.45) is 4.82. The molecule has 1 unspecified atom stereocenters. The number of piperazine rings is 1. The average molecular weight is 547 g/mol. The van der Waals surface area contributed by atoms with Crippen LogP contribution < -0.4 is 22.5 Å². The number of carbonyl (C=O) groups excluding carboxylic acids is 2. The molecule has 208 valence electrons. The van der Waals surface area contributed by atoms with Gasteiger partial charge in [0.05, 0.1) is 11.2 Å². The molecule has 2 fully saturated rings. The second-order valence-electron chi connectivity index (χ2n) is 10.5. The first-order valence-corrected chi connectivity index (χ1v) is 12.9. The van der Waals surface area contributed by atoms with Crippen LogP contribution in [0, 0.1) is 0 Å². The van der Waals surface area contributed by atoms with Crippen LogP contribution in [0.1, 0.15) is 38.7 Å². The van der Waals surface area contributed by atoms with E-state index in [2.05, 4.69) is 15.2 Å². The molecule has 0 saturated carbocycles. The van der Waals surface area contributed by atoms with Gasteiger partial charge in [0, 0.05) is 45.0 Å². The first kappa shape index (κ1) is 29.6. The Hall–Kier alpha value is -2.99. The van der Waals surface area contributed by atoms with Gasteiger partial charge in [-0.05, 0) is 70.0 Å². The van der Waals surface area contributed by atoms with Crippen molar-refractivity contribution in [1.82, 2.24) is 24.3 Å². The predicted octanol–water partition coefficient (Wildman–Crippen LogP) is 1.38. The Morgan fingerprint density at radius 2 is 1.66 bits per heavy atom. The van der Waals surface area contributed by atoms with Gasteiger partial charge < -0.3 is 21.3 Å². The molecule has 1 atom stereocenters. The Labute approximate surface area is 229 Å². The number of nitrogens with two attached hydrogens (primary N) is 2. The number of hydrogen-bond acceptors (Lipinski definition) is 7. The van der Waals surface area contributed by atoms with Crippen LogP contribution >= 0.6 is 12.4 Å². The molecule has 0 bridgehead atoms. The maximum Gasteiger partial charge on any atom is 0.354 e. The van der Waals surface area contributed by atoms with E-state index in [1.165, 1.54) is 10.1 Å². The molecule has 2 aliphatic rings. The van der Waals surface area contributed by atoms with Crippen LogP contribution in [0.4, 0.5) is 10.6 Å². The monoisotopic (exact) mass is 546 g/mol. The Morgan fingerprint density at radius 1 is 1.00 bits per heavy atom. The van der Waals surface area contributed by atoms with Crippen molar-refractivity contribution < 1.29 is 9.59 Å². The van der Waals surface area contributed by atoms with Gasteiger partial charge in [0.1, 0.15) is 5.82 Å². The molecule has 3 heterocycles. The number of likely N-dealkylation sites (tertiary alicyclic amines) is 1. The summed E-state index contributed by atoms with van der Waals surface area (Å²) in [5, 5.41) is 2.69. The molecule has 0 spiro atoms. The number of amides is 3. The second-order valence-corrected chi connectivity index (χ2v) is 10.5. The van der Waals surface area contributed by atoms with Crippen molar-refractivity contribution in [3.63, 3.8) is 0 Å². The van der Waals surface area contributed by atoms with Crippen molar-refractivity contribution in [3.05, 3.63) is 52.6 Å². The van der Waals surface area contributed by atoms with Crippen molar-refractivity contribution >= 4 is 30.2 Å². The molecular weight excluding hydrogens is 508 g/mol. The summed E-state index contributed by atoms with van der Waals surface area (Å²) < 4.78 is 1.45. The van der Waals surface area contributed by atoms with E-state index < -0.39 is 11.2 Å². The number of anilines is 1. The van der Waals surface area contributed by atoms with E-state index >= 15 is 0 Å².